The van der Waals surface area contributed by atoms with Crippen molar-refractivity contribution in [2.24, 2.45) is 5.10 Å². The average molecular weight is 387 g/mol. The zero-order valence-corrected chi connectivity index (χ0v) is 15.9. The molecule has 0 atom stereocenters. The third kappa shape index (κ3) is 4.62. The first-order valence-electron chi connectivity index (χ1n) is 8.64. The second kappa shape index (κ2) is 8.94. The first-order valence-corrected chi connectivity index (χ1v) is 10.5. The highest BCUT2D eigenvalue weighted by Crippen LogP contribution is 2.42. The van der Waals surface area contributed by atoms with Gasteiger partial charge < -0.3 is 4.57 Å². The van der Waals surface area contributed by atoms with E-state index in [1.54, 1.807) is 48.5 Å². The van der Waals surface area contributed by atoms with Crippen molar-refractivity contribution in [1.29, 1.82) is 5.26 Å². The molecule has 0 saturated carbocycles. The summed E-state index contributed by atoms with van der Waals surface area (Å²) in [6, 6.07) is 26.9. The summed E-state index contributed by atoms with van der Waals surface area (Å²) in [7, 11) is -3.13. The van der Waals surface area contributed by atoms with Crippen LogP contribution >= 0.6 is 7.14 Å². The van der Waals surface area contributed by atoms with Crippen molar-refractivity contribution in [2.75, 3.05) is 6.16 Å². The maximum Gasteiger partial charge on any atom is 0.248 e. The molecule has 0 fully saturated rings. The van der Waals surface area contributed by atoms with Crippen LogP contribution in [0.25, 0.3) is 0 Å². The fourth-order valence-electron chi connectivity index (χ4n) is 2.73. The Balaban J connectivity index is 1.76. The van der Waals surface area contributed by atoms with E-state index in [2.05, 4.69) is 10.5 Å². The molecule has 0 heterocycles. The molecule has 0 spiro atoms. The van der Waals surface area contributed by atoms with Crippen molar-refractivity contribution >= 4 is 29.9 Å². The van der Waals surface area contributed by atoms with E-state index in [1.807, 2.05) is 42.5 Å². The minimum atomic E-state index is -3.13. The van der Waals surface area contributed by atoms with E-state index >= 15 is 0 Å². The standard InChI is InChI=1S/C22H18N3O2P/c23-15-18-11-13-19(14-12-18)16-24-25-22(26)17-28(27,20-7-3-1-4-8-20)21-9-5-2-6-10-21/h1-14,16H,17H2,(H,25,26)/b24-16+. The highest BCUT2D eigenvalue weighted by molar-refractivity contribution is 7.79. The number of amides is 1. The van der Waals surface area contributed by atoms with Crippen molar-refractivity contribution in [3.63, 3.8) is 0 Å². The number of nitriles is 1. The maximum atomic E-state index is 13.8. The van der Waals surface area contributed by atoms with Gasteiger partial charge in [0.15, 0.2) is 7.14 Å². The Kier molecular flexibility index (Phi) is 6.16. The van der Waals surface area contributed by atoms with E-state index in [9.17, 15) is 9.36 Å². The van der Waals surface area contributed by atoms with Crippen LogP contribution in [0.15, 0.2) is 90.0 Å². The largest absolute Gasteiger partial charge is 0.313 e. The molecule has 0 aliphatic heterocycles. The van der Waals surface area contributed by atoms with Crippen molar-refractivity contribution in [3.8, 4) is 6.07 Å². The second-order valence-electron chi connectivity index (χ2n) is 6.10. The van der Waals surface area contributed by atoms with Crippen LogP contribution in [0.5, 0.6) is 0 Å². The van der Waals surface area contributed by atoms with Crippen molar-refractivity contribution in [3.05, 3.63) is 96.1 Å². The predicted molar refractivity (Wildman–Crippen MR) is 112 cm³/mol. The van der Waals surface area contributed by atoms with E-state index in [-0.39, 0.29) is 6.16 Å². The summed E-state index contributed by atoms with van der Waals surface area (Å²) in [6.07, 6.45) is 1.31. The Morgan fingerprint density at radius 1 is 0.929 bits per heavy atom. The summed E-state index contributed by atoms with van der Waals surface area (Å²) in [4.78, 5) is 12.5. The molecule has 1 amide bonds. The van der Waals surface area contributed by atoms with E-state index in [0.29, 0.717) is 16.2 Å². The molecule has 28 heavy (non-hydrogen) atoms. The monoisotopic (exact) mass is 387 g/mol. The van der Waals surface area contributed by atoms with Crippen molar-refractivity contribution < 1.29 is 9.36 Å². The smallest absolute Gasteiger partial charge is 0.248 e. The molecule has 5 nitrogen and oxygen atoms in total. The number of hydrogen-bond donors (Lipinski definition) is 1. The number of benzene rings is 3. The van der Waals surface area contributed by atoms with Crippen LogP contribution in [0.2, 0.25) is 0 Å². The minimum absolute atomic E-state index is 0.175. The molecule has 6 heteroatoms. The fraction of sp³-hybridized carbons (Fsp3) is 0.0455. The lowest BCUT2D eigenvalue weighted by molar-refractivity contribution is -0.118. The lowest BCUT2D eigenvalue weighted by Gasteiger charge is -2.18. The number of nitrogens with one attached hydrogen (secondary N) is 1. The quantitative estimate of drug-likeness (QED) is 0.401. The Labute approximate surface area is 163 Å². The fourth-order valence-corrected chi connectivity index (χ4v) is 5.18. The Bertz CT molecular complexity index is 1010. The van der Waals surface area contributed by atoms with Gasteiger partial charge >= 0.3 is 0 Å². The van der Waals surface area contributed by atoms with Gasteiger partial charge in [-0.25, -0.2) is 5.43 Å². The van der Waals surface area contributed by atoms with Crippen LogP contribution in [0.4, 0.5) is 0 Å². The topological polar surface area (TPSA) is 82.3 Å². The molecule has 0 aliphatic carbocycles. The molecule has 0 unspecified atom stereocenters. The molecule has 3 rings (SSSR count). The summed E-state index contributed by atoms with van der Waals surface area (Å²) in [5.74, 6) is -0.430. The van der Waals surface area contributed by atoms with Crippen molar-refractivity contribution in [2.45, 2.75) is 0 Å². The predicted octanol–water partition coefficient (Wildman–Crippen LogP) is 3.02. The van der Waals surface area contributed by atoms with Crippen LogP contribution in [-0.4, -0.2) is 18.3 Å². The Morgan fingerprint density at radius 3 is 1.96 bits per heavy atom. The van der Waals surface area contributed by atoms with Gasteiger partial charge in [0.25, 0.3) is 0 Å². The molecule has 0 saturated heterocycles. The van der Waals surface area contributed by atoms with E-state index in [0.717, 1.165) is 5.56 Å². The van der Waals surface area contributed by atoms with Gasteiger partial charge in [0.2, 0.25) is 5.91 Å². The molecule has 0 aliphatic rings. The van der Waals surface area contributed by atoms with E-state index < -0.39 is 13.0 Å². The number of hydrazone groups is 1. The van der Waals surface area contributed by atoms with Crippen LogP contribution in [0, 0.1) is 11.3 Å². The molecule has 0 bridgehead atoms. The zero-order chi connectivity index (χ0) is 19.8. The third-order valence-corrected chi connectivity index (χ3v) is 7.15. The van der Waals surface area contributed by atoms with Crippen LogP contribution in [0.3, 0.4) is 0 Å². The first-order chi connectivity index (χ1) is 13.6. The SMILES string of the molecule is N#Cc1ccc(/C=N/NC(=O)CP(=O)(c2ccccc2)c2ccccc2)cc1. The Hall–Kier alpha value is -3.48. The summed E-state index contributed by atoms with van der Waals surface area (Å²) in [5, 5.41) is 14.0. The van der Waals surface area contributed by atoms with E-state index in [4.69, 9.17) is 5.26 Å². The lowest BCUT2D eigenvalue weighted by Crippen LogP contribution is -2.28. The number of nitrogens with zero attached hydrogens (tertiary/aromatic N) is 2. The third-order valence-electron chi connectivity index (χ3n) is 4.16. The first kappa shape index (κ1) is 19.3. The molecule has 138 valence electrons. The highest BCUT2D eigenvalue weighted by atomic mass is 31.2. The molecule has 0 aromatic heterocycles. The van der Waals surface area contributed by atoms with Gasteiger partial charge in [0.05, 0.1) is 24.0 Å². The average Bonchev–Trinajstić information content (AvgIpc) is 2.75. The van der Waals surface area contributed by atoms with E-state index in [1.165, 1.54) is 6.21 Å². The number of carbonyl (C=O) groups excluding carboxylic acids is 1. The van der Waals surface area contributed by atoms with Crippen LogP contribution < -0.4 is 16.0 Å². The van der Waals surface area contributed by atoms with Gasteiger partial charge in [-0.2, -0.15) is 10.4 Å². The van der Waals surface area contributed by atoms with Crippen molar-refractivity contribution in [1.82, 2.24) is 5.43 Å². The highest BCUT2D eigenvalue weighted by Gasteiger charge is 2.30. The van der Waals surface area contributed by atoms with Gasteiger partial charge in [-0.15, -0.1) is 0 Å². The second-order valence-corrected chi connectivity index (χ2v) is 8.92. The molecular formula is C22H18N3O2P. The summed E-state index contributed by atoms with van der Waals surface area (Å²) in [6.45, 7) is 0. The maximum absolute atomic E-state index is 13.8. The summed E-state index contributed by atoms with van der Waals surface area (Å²) >= 11 is 0. The molecule has 3 aromatic rings. The zero-order valence-electron chi connectivity index (χ0n) is 15.0. The molecule has 1 N–H and O–H groups in total. The van der Waals surface area contributed by atoms with Crippen LogP contribution in [-0.2, 0) is 9.36 Å². The summed E-state index contributed by atoms with van der Waals surface area (Å²) in [5.41, 5.74) is 3.74. The Morgan fingerprint density at radius 2 is 1.46 bits per heavy atom. The number of hydrogen-bond acceptors (Lipinski definition) is 4. The normalized spacial score (nSPS) is 11.1. The molecular weight excluding hydrogens is 369 g/mol. The van der Waals surface area contributed by atoms with Gasteiger partial charge in [-0.3, -0.25) is 4.79 Å². The van der Waals surface area contributed by atoms with Gasteiger partial charge in [-0.05, 0) is 17.7 Å². The minimum Gasteiger partial charge on any atom is -0.313 e. The number of rotatable bonds is 6. The number of carbonyl (C=O) groups is 1. The van der Waals surface area contributed by atoms with Crippen LogP contribution in [0.1, 0.15) is 11.1 Å². The van der Waals surface area contributed by atoms with Gasteiger partial charge in [-0.1, -0.05) is 72.8 Å². The summed E-state index contributed by atoms with van der Waals surface area (Å²) < 4.78 is 13.8. The lowest BCUT2D eigenvalue weighted by atomic mass is 10.2. The molecule has 0 radical (unpaired) electrons. The van der Waals surface area contributed by atoms with Gasteiger partial charge in [0, 0.05) is 10.6 Å². The molecule has 3 aromatic carbocycles. The van der Waals surface area contributed by atoms with Gasteiger partial charge in [0.1, 0.15) is 0 Å².